The molecule has 0 saturated carbocycles. The summed E-state index contributed by atoms with van der Waals surface area (Å²) >= 11 is 6.40. The van der Waals surface area contributed by atoms with Crippen LogP contribution in [0.15, 0.2) is 41.1 Å². The Hall–Kier alpha value is -2.80. The summed E-state index contributed by atoms with van der Waals surface area (Å²) < 4.78 is 22.0. The quantitative estimate of drug-likeness (QED) is 0.794. The van der Waals surface area contributed by atoms with Crippen LogP contribution in [-0.2, 0) is 4.74 Å². The number of hydrogen-bond acceptors (Lipinski definition) is 7. The third kappa shape index (κ3) is 3.06. The van der Waals surface area contributed by atoms with Gasteiger partial charge in [-0.15, -0.1) is 0 Å². The van der Waals surface area contributed by atoms with Crippen LogP contribution < -0.4 is 14.2 Å². The molecule has 7 nitrogen and oxygen atoms in total. The molecule has 0 saturated heterocycles. The Morgan fingerprint density at radius 1 is 1.15 bits per heavy atom. The molecule has 0 N–H and O–H groups in total. The molecular formula is C18H16ClN3O4. The topological polar surface area (TPSA) is 75.1 Å². The van der Waals surface area contributed by atoms with Gasteiger partial charge in [0.05, 0.1) is 30.9 Å². The van der Waals surface area contributed by atoms with Gasteiger partial charge in [-0.05, 0) is 31.1 Å². The predicted molar refractivity (Wildman–Crippen MR) is 95.4 cm³/mol. The Bertz CT molecular complexity index is 891. The first-order valence-electron chi connectivity index (χ1n) is 8.07. The van der Waals surface area contributed by atoms with Gasteiger partial charge >= 0.3 is 6.01 Å². The summed E-state index contributed by atoms with van der Waals surface area (Å²) in [5.74, 6) is 2.39. The highest BCUT2D eigenvalue weighted by atomic mass is 35.5. The summed E-state index contributed by atoms with van der Waals surface area (Å²) in [7, 11) is 3.01. The van der Waals surface area contributed by atoms with Crippen LogP contribution in [-0.4, -0.2) is 36.1 Å². The van der Waals surface area contributed by atoms with Crippen molar-refractivity contribution in [1.29, 1.82) is 0 Å². The third-order valence-electron chi connectivity index (χ3n) is 4.07. The highest BCUT2D eigenvalue weighted by Gasteiger charge is 2.31. The minimum atomic E-state index is 0.0577. The predicted octanol–water partition coefficient (Wildman–Crippen LogP) is 3.76. The molecule has 1 unspecified atom stereocenters. The minimum Gasteiger partial charge on any atom is -0.481 e. The van der Waals surface area contributed by atoms with Crippen molar-refractivity contribution >= 4 is 17.5 Å². The zero-order valence-corrected chi connectivity index (χ0v) is 15.0. The lowest BCUT2D eigenvalue weighted by Crippen LogP contribution is -2.05. The maximum atomic E-state index is 6.40. The number of aromatic nitrogens is 2. The van der Waals surface area contributed by atoms with Gasteiger partial charge in [0.1, 0.15) is 17.6 Å². The van der Waals surface area contributed by atoms with Crippen molar-refractivity contribution in [3.8, 4) is 23.5 Å². The molecular weight excluding hydrogens is 358 g/mol. The molecule has 0 fully saturated rings. The number of halogens is 1. The fourth-order valence-electron chi connectivity index (χ4n) is 2.83. The Kier molecular flexibility index (Phi) is 4.38. The molecule has 134 valence electrons. The molecule has 0 spiro atoms. The first-order valence-corrected chi connectivity index (χ1v) is 8.45. The van der Waals surface area contributed by atoms with Crippen LogP contribution >= 0.6 is 11.6 Å². The summed E-state index contributed by atoms with van der Waals surface area (Å²) in [4.78, 5) is 13.0. The van der Waals surface area contributed by atoms with Crippen molar-refractivity contribution in [2.75, 3.05) is 14.2 Å². The van der Waals surface area contributed by atoms with Gasteiger partial charge in [-0.2, -0.15) is 9.97 Å². The van der Waals surface area contributed by atoms with Gasteiger partial charge in [0, 0.05) is 0 Å². The minimum absolute atomic E-state index is 0.0577. The number of rotatable bonds is 5. The van der Waals surface area contributed by atoms with Gasteiger partial charge in [-0.3, -0.25) is 0 Å². The monoisotopic (exact) mass is 373 g/mol. The Labute approximate surface area is 155 Å². The first kappa shape index (κ1) is 16.7. The van der Waals surface area contributed by atoms with E-state index >= 15 is 0 Å². The lowest BCUT2D eigenvalue weighted by molar-refractivity contribution is 0.347. The second kappa shape index (κ2) is 6.84. The third-order valence-corrected chi connectivity index (χ3v) is 4.38. The van der Waals surface area contributed by atoms with E-state index in [0.717, 1.165) is 18.6 Å². The first-order chi connectivity index (χ1) is 12.7. The molecule has 0 amide bonds. The van der Waals surface area contributed by atoms with E-state index in [1.54, 1.807) is 24.3 Å². The summed E-state index contributed by atoms with van der Waals surface area (Å²) in [6.45, 7) is 0. The van der Waals surface area contributed by atoms with E-state index in [1.165, 1.54) is 14.2 Å². The summed E-state index contributed by atoms with van der Waals surface area (Å²) in [6, 6.07) is 6.97. The number of aliphatic imine (C=N–C) groups is 1. The molecule has 1 aliphatic heterocycles. The van der Waals surface area contributed by atoms with Crippen LogP contribution in [0.5, 0.6) is 23.5 Å². The fourth-order valence-corrected chi connectivity index (χ4v) is 3.08. The number of methoxy groups -OCH3 is 2. The number of hydrogen-bond donors (Lipinski definition) is 0. The SMILES string of the molecule is COc1cc(OC)nc(Oc2cccc(Cl)c2C2=NC3CCC=C3O2)n1. The van der Waals surface area contributed by atoms with Crippen LogP contribution in [0.4, 0.5) is 0 Å². The molecule has 1 aromatic carbocycles. The van der Waals surface area contributed by atoms with E-state index in [-0.39, 0.29) is 12.1 Å². The second-order valence-corrected chi connectivity index (χ2v) is 6.09. The van der Waals surface area contributed by atoms with Gasteiger partial charge < -0.3 is 18.9 Å². The van der Waals surface area contributed by atoms with Gasteiger partial charge in [-0.25, -0.2) is 4.99 Å². The van der Waals surface area contributed by atoms with Gasteiger partial charge in [-0.1, -0.05) is 17.7 Å². The summed E-state index contributed by atoms with van der Waals surface area (Å²) in [6.07, 6.45) is 3.96. The smallest absolute Gasteiger partial charge is 0.328 e. The largest absolute Gasteiger partial charge is 0.481 e. The second-order valence-electron chi connectivity index (χ2n) is 5.69. The van der Waals surface area contributed by atoms with Crippen molar-refractivity contribution in [2.24, 2.45) is 4.99 Å². The standard InChI is InChI=1S/C18H16ClN3O4/c1-23-14-9-15(24-2)22-18(21-14)26-13-8-3-5-10(19)16(13)17-20-11-6-4-7-12(11)25-17/h3,5,7-9,11H,4,6H2,1-2H3. The summed E-state index contributed by atoms with van der Waals surface area (Å²) in [5.41, 5.74) is 0.565. The van der Waals surface area contributed by atoms with Crippen LogP contribution in [0.2, 0.25) is 5.02 Å². The van der Waals surface area contributed by atoms with Crippen LogP contribution in [0.25, 0.3) is 0 Å². The Morgan fingerprint density at radius 3 is 2.62 bits per heavy atom. The highest BCUT2D eigenvalue weighted by molar-refractivity contribution is 6.34. The molecule has 8 heteroatoms. The van der Waals surface area contributed by atoms with Crippen molar-refractivity contribution in [3.05, 3.63) is 46.7 Å². The molecule has 0 bridgehead atoms. The molecule has 2 aliphatic rings. The number of allylic oxidation sites excluding steroid dienone is 1. The van der Waals surface area contributed by atoms with Gasteiger partial charge in [0.2, 0.25) is 17.7 Å². The average Bonchev–Trinajstić information content (AvgIpc) is 3.23. The van der Waals surface area contributed by atoms with E-state index in [9.17, 15) is 0 Å². The Balaban J connectivity index is 1.70. The Morgan fingerprint density at radius 2 is 1.92 bits per heavy atom. The lowest BCUT2D eigenvalue weighted by Gasteiger charge is -2.12. The van der Waals surface area contributed by atoms with Crippen molar-refractivity contribution in [3.63, 3.8) is 0 Å². The fraction of sp³-hybridized carbons (Fsp3) is 0.278. The molecule has 1 atom stereocenters. The maximum absolute atomic E-state index is 6.40. The maximum Gasteiger partial charge on any atom is 0.328 e. The average molecular weight is 374 g/mol. The number of fused-ring (bicyclic) bond motifs is 1. The molecule has 2 heterocycles. The molecule has 4 rings (SSSR count). The normalized spacial score (nSPS) is 17.9. The van der Waals surface area contributed by atoms with E-state index in [0.29, 0.717) is 34.0 Å². The molecule has 1 aromatic heterocycles. The van der Waals surface area contributed by atoms with Crippen LogP contribution in [0.1, 0.15) is 18.4 Å². The van der Waals surface area contributed by atoms with Crippen molar-refractivity contribution in [1.82, 2.24) is 9.97 Å². The van der Waals surface area contributed by atoms with Crippen molar-refractivity contribution in [2.45, 2.75) is 18.9 Å². The zero-order valence-electron chi connectivity index (χ0n) is 14.2. The van der Waals surface area contributed by atoms with E-state index in [4.69, 9.17) is 30.5 Å². The van der Waals surface area contributed by atoms with E-state index in [2.05, 4.69) is 21.0 Å². The van der Waals surface area contributed by atoms with Crippen LogP contribution in [0, 0.1) is 0 Å². The number of ether oxygens (including phenoxy) is 4. The molecule has 1 aliphatic carbocycles. The zero-order chi connectivity index (χ0) is 18.1. The van der Waals surface area contributed by atoms with Crippen LogP contribution in [0.3, 0.4) is 0 Å². The van der Waals surface area contributed by atoms with E-state index < -0.39 is 0 Å². The summed E-state index contributed by atoms with van der Waals surface area (Å²) in [5, 5.41) is 0.469. The van der Waals surface area contributed by atoms with Crippen molar-refractivity contribution < 1.29 is 18.9 Å². The molecule has 0 radical (unpaired) electrons. The van der Waals surface area contributed by atoms with Gasteiger partial charge in [0.15, 0.2) is 0 Å². The molecule has 26 heavy (non-hydrogen) atoms. The van der Waals surface area contributed by atoms with Gasteiger partial charge in [0.25, 0.3) is 0 Å². The molecule has 2 aromatic rings. The number of benzene rings is 1. The lowest BCUT2D eigenvalue weighted by atomic mass is 10.2. The number of nitrogens with zero attached hydrogens (tertiary/aromatic N) is 3. The van der Waals surface area contributed by atoms with E-state index in [1.807, 2.05) is 0 Å². The highest BCUT2D eigenvalue weighted by Crippen LogP contribution is 2.37.